The molecule has 0 radical (unpaired) electrons. The minimum Gasteiger partial charge on any atom is -0.367 e. The van der Waals surface area contributed by atoms with Gasteiger partial charge in [-0.25, -0.2) is 4.39 Å². The van der Waals surface area contributed by atoms with Crippen LogP contribution < -0.4 is 10.2 Å². The molecular weight excluding hydrogens is 403 g/mol. The number of hydrogen-bond donors (Lipinski definition) is 1. The van der Waals surface area contributed by atoms with Crippen molar-refractivity contribution >= 4 is 11.6 Å². The number of halogens is 1. The normalized spacial score (nSPS) is 18.2. The van der Waals surface area contributed by atoms with Crippen molar-refractivity contribution in [3.05, 3.63) is 52.6 Å². The Morgan fingerprint density at radius 2 is 1.75 bits per heavy atom. The maximum atomic E-state index is 14.5. The maximum Gasteiger partial charge on any atom is 0.268 e. The number of carbonyl (C=O) groups excluding carboxylic acids is 1. The van der Waals surface area contributed by atoms with E-state index in [-0.39, 0.29) is 17.8 Å². The van der Waals surface area contributed by atoms with E-state index in [0.717, 1.165) is 62.5 Å². The van der Waals surface area contributed by atoms with Crippen molar-refractivity contribution in [1.82, 2.24) is 14.8 Å². The van der Waals surface area contributed by atoms with E-state index in [1.165, 1.54) is 25.3 Å². The summed E-state index contributed by atoms with van der Waals surface area (Å²) >= 11 is 0. The Bertz CT molecular complexity index is 940. The fraction of sp³-hybridized carbons (Fsp3) is 0.577. The molecule has 5 nitrogen and oxygen atoms in total. The van der Waals surface area contributed by atoms with Crippen LogP contribution in [-0.4, -0.2) is 54.1 Å². The van der Waals surface area contributed by atoms with E-state index in [1.54, 1.807) is 6.07 Å². The number of aromatic nitrogens is 1. The lowest BCUT2D eigenvalue weighted by atomic mass is 9.95. The standard InChI is InChI=1S/C26H37FN4O/c1-4-29-14-16-30(17-15-29)24-19(2)25(26(32)28-22-11-6-5-7-12-22)31(20(24)3)18-21-10-8-9-13-23(21)27/h8-10,13,22H,4-7,11-12,14-18H2,1-3H3,(H,28,32). The van der Waals surface area contributed by atoms with Gasteiger partial charge in [0, 0.05) is 49.0 Å². The second-order valence-electron chi connectivity index (χ2n) is 9.31. The number of benzene rings is 1. The Labute approximate surface area is 191 Å². The van der Waals surface area contributed by atoms with E-state index in [9.17, 15) is 9.18 Å². The number of likely N-dealkylation sites (N-methyl/N-ethyl adjacent to an activating group) is 1. The van der Waals surface area contributed by atoms with E-state index in [1.807, 2.05) is 16.7 Å². The number of hydrogen-bond acceptors (Lipinski definition) is 3. The van der Waals surface area contributed by atoms with E-state index in [2.05, 4.69) is 35.9 Å². The van der Waals surface area contributed by atoms with Crippen LogP contribution in [0.5, 0.6) is 0 Å². The smallest absolute Gasteiger partial charge is 0.268 e. The molecule has 32 heavy (non-hydrogen) atoms. The lowest BCUT2D eigenvalue weighted by Gasteiger charge is -2.36. The van der Waals surface area contributed by atoms with Crippen LogP contribution in [-0.2, 0) is 6.54 Å². The highest BCUT2D eigenvalue weighted by Crippen LogP contribution is 2.33. The van der Waals surface area contributed by atoms with Gasteiger partial charge in [-0.15, -0.1) is 0 Å². The zero-order valence-electron chi connectivity index (χ0n) is 19.8. The summed E-state index contributed by atoms with van der Waals surface area (Å²) < 4.78 is 16.6. The van der Waals surface area contributed by atoms with Gasteiger partial charge in [0.25, 0.3) is 5.91 Å². The van der Waals surface area contributed by atoms with Crippen molar-refractivity contribution in [1.29, 1.82) is 0 Å². The van der Waals surface area contributed by atoms with Gasteiger partial charge >= 0.3 is 0 Å². The second kappa shape index (κ2) is 10.1. The number of rotatable bonds is 6. The summed E-state index contributed by atoms with van der Waals surface area (Å²) in [5.41, 5.74) is 4.50. The third kappa shape index (κ3) is 4.70. The van der Waals surface area contributed by atoms with Gasteiger partial charge in [0.15, 0.2) is 0 Å². The average molecular weight is 441 g/mol. The maximum absolute atomic E-state index is 14.5. The molecule has 2 heterocycles. The summed E-state index contributed by atoms with van der Waals surface area (Å²) in [6.45, 7) is 11.7. The predicted octanol–water partition coefficient (Wildman–Crippen LogP) is 4.50. The molecular formula is C26H37FN4O. The highest BCUT2D eigenvalue weighted by Gasteiger charge is 2.29. The fourth-order valence-corrected chi connectivity index (χ4v) is 5.42. The molecule has 6 heteroatoms. The van der Waals surface area contributed by atoms with Crippen LogP contribution in [0.1, 0.15) is 66.3 Å². The summed E-state index contributed by atoms with van der Waals surface area (Å²) in [6, 6.07) is 7.11. The van der Waals surface area contributed by atoms with Crippen LogP contribution in [0.25, 0.3) is 0 Å². The van der Waals surface area contributed by atoms with Crippen molar-refractivity contribution in [2.75, 3.05) is 37.6 Å². The molecule has 1 saturated heterocycles. The van der Waals surface area contributed by atoms with Gasteiger partial charge in [-0.05, 0) is 39.3 Å². The second-order valence-corrected chi connectivity index (χ2v) is 9.31. The van der Waals surface area contributed by atoms with E-state index in [0.29, 0.717) is 17.8 Å². The molecule has 2 fully saturated rings. The first-order valence-electron chi connectivity index (χ1n) is 12.2. The first-order chi connectivity index (χ1) is 15.5. The Balaban J connectivity index is 1.69. The zero-order valence-corrected chi connectivity index (χ0v) is 19.8. The van der Waals surface area contributed by atoms with Crippen LogP contribution in [0.15, 0.2) is 24.3 Å². The molecule has 1 N–H and O–H groups in total. The van der Waals surface area contributed by atoms with E-state index >= 15 is 0 Å². The molecule has 1 aromatic heterocycles. The molecule has 0 spiro atoms. The lowest BCUT2D eigenvalue weighted by molar-refractivity contribution is 0.0917. The Morgan fingerprint density at radius 3 is 2.41 bits per heavy atom. The summed E-state index contributed by atoms with van der Waals surface area (Å²) in [7, 11) is 0. The molecule has 0 atom stereocenters. The molecule has 0 bridgehead atoms. The third-order valence-electron chi connectivity index (χ3n) is 7.31. The Hall–Kier alpha value is -2.34. The Kier molecular flexibility index (Phi) is 7.19. The molecule has 1 amide bonds. The number of anilines is 1. The zero-order chi connectivity index (χ0) is 22.7. The SMILES string of the molecule is CCN1CCN(c2c(C)c(C(=O)NC3CCCCC3)n(Cc3ccccc3F)c2C)CC1. The molecule has 1 aliphatic carbocycles. The molecule has 174 valence electrons. The highest BCUT2D eigenvalue weighted by atomic mass is 19.1. The largest absolute Gasteiger partial charge is 0.367 e. The first-order valence-corrected chi connectivity index (χ1v) is 12.2. The third-order valence-corrected chi connectivity index (χ3v) is 7.31. The monoisotopic (exact) mass is 440 g/mol. The van der Waals surface area contributed by atoms with Crippen LogP contribution >= 0.6 is 0 Å². The highest BCUT2D eigenvalue weighted by molar-refractivity contribution is 5.97. The molecule has 1 saturated carbocycles. The van der Waals surface area contributed by atoms with Crippen LogP contribution in [0.3, 0.4) is 0 Å². The van der Waals surface area contributed by atoms with Crippen molar-refractivity contribution < 1.29 is 9.18 Å². The van der Waals surface area contributed by atoms with Gasteiger partial charge < -0.3 is 19.7 Å². The Morgan fingerprint density at radius 1 is 1.06 bits per heavy atom. The molecule has 2 aliphatic rings. The first kappa shape index (κ1) is 22.8. The number of piperazine rings is 1. The fourth-order valence-electron chi connectivity index (χ4n) is 5.42. The molecule has 2 aromatic rings. The summed E-state index contributed by atoms with van der Waals surface area (Å²) in [4.78, 5) is 18.4. The van der Waals surface area contributed by atoms with Gasteiger partial charge in [-0.3, -0.25) is 4.79 Å². The summed E-state index contributed by atoms with van der Waals surface area (Å²) in [6.07, 6.45) is 5.69. The number of amides is 1. The molecule has 4 rings (SSSR count). The van der Waals surface area contributed by atoms with Crippen molar-refractivity contribution in [2.24, 2.45) is 0 Å². The minimum absolute atomic E-state index is 0.0210. The molecule has 1 aromatic carbocycles. The number of carbonyl (C=O) groups is 1. The van der Waals surface area contributed by atoms with Gasteiger partial charge in [0.05, 0.1) is 12.2 Å². The van der Waals surface area contributed by atoms with Gasteiger partial charge in [-0.1, -0.05) is 44.4 Å². The van der Waals surface area contributed by atoms with Gasteiger partial charge in [0.1, 0.15) is 11.5 Å². The predicted molar refractivity (Wildman–Crippen MR) is 128 cm³/mol. The molecule has 0 unspecified atom stereocenters. The van der Waals surface area contributed by atoms with Crippen LogP contribution in [0.4, 0.5) is 10.1 Å². The van der Waals surface area contributed by atoms with Crippen molar-refractivity contribution in [2.45, 2.75) is 65.5 Å². The average Bonchev–Trinajstić information content (AvgIpc) is 3.05. The lowest BCUT2D eigenvalue weighted by Crippen LogP contribution is -2.46. The van der Waals surface area contributed by atoms with Crippen LogP contribution in [0.2, 0.25) is 0 Å². The number of nitrogens with one attached hydrogen (secondary N) is 1. The minimum atomic E-state index is -0.227. The quantitative estimate of drug-likeness (QED) is 0.719. The number of nitrogens with zero attached hydrogens (tertiary/aromatic N) is 3. The van der Waals surface area contributed by atoms with Crippen LogP contribution in [0, 0.1) is 19.7 Å². The van der Waals surface area contributed by atoms with Crippen molar-refractivity contribution in [3.63, 3.8) is 0 Å². The molecule has 1 aliphatic heterocycles. The van der Waals surface area contributed by atoms with Gasteiger partial charge in [0.2, 0.25) is 0 Å². The van der Waals surface area contributed by atoms with Crippen molar-refractivity contribution in [3.8, 4) is 0 Å². The topological polar surface area (TPSA) is 40.5 Å². The summed E-state index contributed by atoms with van der Waals surface area (Å²) in [5.74, 6) is -0.248. The van der Waals surface area contributed by atoms with Gasteiger partial charge in [-0.2, -0.15) is 0 Å². The van der Waals surface area contributed by atoms with E-state index < -0.39 is 0 Å². The summed E-state index contributed by atoms with van der Waals surface area (Å²) in [5, 5.41) is 3.30. The van der Waals surface area contributed by atoms with E-state index in [4.69, 9.17) is 0 Å².